The van der Waals surface area contributed by atoms with E-state index in [-0.39, 0.29) is 5.91 Å². The third-order valence-electron chi connectivity index (χ3n) is 3.89. The van der Waals surface area contributed by atoms with Crippen molar-refractivity contribution in [2.24, 2.45) is 0 Å². The van der Waals surface area contributed by atoms with Crippen molar-refractivity contribution < 1.29 is 4.79 Å². The van der Waals surface area contributed by atoms with E-state index in [9.17, 15) is 4.79 Å². The molecular weight excluding hydrogens is 377 g/mol. The number of likely N-dealkylation sites (N-methyl/N-ethyl adjacent to an activating group) is 1. The number of carbonyl (C=O) groups is 1. The molecule has 1 aromatic carbocycles. The number of carbonyl (C=O) groups excluding carboxylic acids is 1. The molecule has 1 fully saturated rings. The Kier molecular flexibility index (Phi) is 6.92. The molecule has 0 atom stereocenters. The number of hydrogen-bond donors (Lipinski definition) is 1. The Morgan fingerprint density at radius 3 is 2.48 bits per heavy atom. The van der Waals surface area contributed by atoms with E-state index in [1.165, 1.54) is 26.2 Å². The molecule has 1 heterocycles. The Bertz CT molecular complexity index is 441. The molecule has 4 nitrogen and oxygen atoms in total. The minimum absolute atomic E-state index is 0.0333. The summed E-state index contributed by atoms with van der Waals surface area (Å²) in [5.74, 6) is 0.0333. The number of piperazine rings is 1. The number of unbranched alkanes of at least 4 members (excludes halogenated alkanes) is 1. The van der Waals surface area contributed by atoms with Crippen LogP contribution in [0.15, 0.2) is 24.3 Å². The zero-order valence-electron chi connectivity index (χ0n) is 12.6. The number of amides is 1. The van der Waals surface area contributed by atoms with Gasteiger partial charge in [0.05, 0.1) is 0 Å². The lowest BCUT2D eigenvalue weighted by atomic mass is 10.2. The van der Waals surface area contributed by atoms with Gasteiger partial charge in [0.15, 0.2) is 0 Å². The van der Waals surface area contributed by atoms with E-state index in [2.05, 4.69) is 44.8 Å². The number of nitrogens with zero attached hydrogens (tertiary/aromatic N) is 2. The standard InChI is InChI=1S/C16H24IN3O/c1-19-10-12-20(13-11-19)9-3-2-8-18-16(21)14-4-6-15(17)7-5-14/h4-7H,2-3,8-13H2,1H3,(H,18,21). The third kappa shape index (κ3) is 5.92. The minimum Gasteiger partial charge on any atom is -0.352 e. The molecule has 0 aromatic heterocycles. The number of nitrogens with one attached hydrogen (secondary N) is 1. The molecular formula is C16H24IN3O. The van der Waals surface area contributed by atoms with Crippen molar-refractivity contribution in [3.8, 4) is 0 Å². The average Bonchev–Trinajstić information content (AvgIpc) is 2.49. The fraction of sp³-hybridized carbons (Fsp3) is 0.562. The second-order valence-corrected chi connectivity index (χ2v) is 6.86. The van der Waals surface area contributed by atoms with Crippen LogP contribution < -0.4 is 5.32 Å². The number of halogens is 1. The predicted molar refractivity (Wildman–Crippen MR) is 94.7 cm³/mol. The molecule has 1 aliphatic heterocycles. The molecule has 0 spiro atoms. The molecule has 1 aliphatic rings. The summed E-state index contributed by atoms with van der Waals surface area (Å²) in [5.41, 5.74) is 0.745. The summed E-state index contributed by atoms with van der Waals surface area (Å²) < 4.78 is 1.15. The summed E-state index contributed by atoms with van der Waals surface area (Å²) in [5, 5.41) is 3.00. The second kappa shape index (κ2) is 8.70. The fourth-order valence-electron chi connectivity index (χ4n) is 2.44. The van der Waals surface area contributed by atoms with Crippen molar-refractivity contribution in [3.63, 3.8) is 0 Å². The number of hydrogen-bond acceptors (Lipinski definition) is 3. The van der Waals surface area contributed by atoms with E-state index < -0.39 is 0 Å². The summed E-state index contributed by atoms with van der Waals surface area (Å²) >= 11 is 2.24. The molecule has 116 valence electrons. The Morgan fingerprint density at radius 1 is 1.14 bits per heavy atom. The largest absolute Gasteiger partial charge is 0.352 e. The van der Waals surface area contributed by atoms with Gasteiger partial charge >= 0.3 is 0 Å². The van der Waals surface area contributed by atoms with Gasteiger partial charge in [0.2, 0.25) is 0 Å². The highest BCUT2D eigenvalue weighted by Crippen LogP contribution is 2.06. The fourth-order valence-corrected chi connectivity index (χ4v) is 2.80. The topological polar surface area (TPSA) is 35.6 Å². The van der Waals surface area contributed by atoms with Crippen molar-refractivity contribution in [1.29, 1.82) is 0 Å². The highest BCUT2D eigenvalue weighted by molar-refractivity contribution is 14.1. The molecule has 0 bridgehead atoms. The van der Waals surface area contributed by atoms with Crippen molar-refractivity contribution >= 4 is 28.5 Å². The Hall–Kier alpha value is -0.660. The lowest BCUT2D eigenvalue weighted by molar-refractivity contribution is 0.0952. The van der Waals surface area contributed by atoms with E-state index in [1.807, 2.05) is 24.3 Å². The number of rotatable bonds is 6. The Morgan fingerprint density at radius 2 is 1.81 bits per heavy atom. The molecule has 0 unspecified atom stereocenters. The van der Waals surface area contributed by atoms with Crippen LogP contribution in [0.2, 0.25) is 0 Å². The Labute approximate surface area is 141 Å². The first-order valence-corrected chi connectivity index (χ1v) is 8.68. The Balaban J connectivity index is 1.57. The highest BCUT2D eigenvalue weighted by Gasteiger charge is 2.12. The van der Waals surface area contributed by atoms with Crippen LogP contribution in [0.1, 0.15) is 23.2 Å². The van der Waals surface area contributed by atoms with Gasteiger partial charge in [0, 0.05) is 41.9 Å². The van der Waals surface area contributed by atoms with E-state index in [1.54, 1.807) is 0 Å². The molecule has 0 aliphatic carbocycles. The van der Waals surface area contributed by atoms with Gasteiger partial charge in [-0.2, -0.15) is 0 Å². The summed E-state index contributed by atoms with van der Waals surface area (Å²) in [6.45, 7) is 6.59. The van der Waals surface area contributed by atoms with Crippen molar-refractivity contribution in [2.45, 2.75) is 12.8 Å². The zero-order valence-corrected chi connectivity index (χ0v) is 14.8. The quantitative estimate of drug-likeness (QED) is 0.586. The van der Waals surface area contributed by atoms with Gasteiger partial charge in [-0.25, -0.2) is 0 Å². The molecule has 2 rings (SSSR count). The van der Waals surface area contributed by atoms with Gasteiger partial charge < -0.3 is 15.1 Å². The molecule has 1 aromatic rings. The highest BCUT2D eigenvalue weighted by atomic mass is 127. The average molecular weight is 401 g/mol. The normalized spacial score (nSPS) is 16.9. The van der Waals surface area contributed by atoms with Crippen molar-refractivity contribution in [2.75, 3.05) is 46.3 Å². The van der Waals surface area contributed by atoms with Gasteiger partial charge in [-0.15, -0.1) is 0 Å². The van der Waals surface area contributed by atoms with Crippen LogP contribution in [0, 0.1) is 3.57 Å². The first kappa shape index (κ1) is 16.7. The molecule has 1 N–H and O–H groups in total. The van der Waals surface area contributed by atoms with Gasteiger partial charge in [-0.1, -0.05) is 0 Å². The van der Waals surface area contributed by atoms with Gasteiger partial charge in [-0.3, -0.25) is 4.79 Å². The van der Waals surface area contributed by atoms with E-state index in [0.717, 1.165) is 35.1 Å². The zero-order chi connectivity index (χ0) is 15.1. The van der Waals surface area contributed by atoms with Crippen LogP contribution in [0.25, 0.3) is 0 Å². The van der Waals surface area contributed by atoms with Crippen LogP contribution in [-0.2, 0) is 0 Å². The lowest BCUT2D eigenvalue weighted by Crippen LogP contribution is -2.44. The van der Waals surface area contributed by atoms with Gasteiger partial charge in [0.25, 0.3) is 5.91 Å². The van der Waals surface area contributed by atoms with E-state index >= 15 is 0 Å². The van der Waals surface area contributed by atoms with Crippen LogP contribution >= 0.6 is 22.6 Å². The molecule has 21 heavy (non-hydrogen) atoms. The van der Waals surface area contributed by atoms with E-state index in [4.69, 9.17) is 0 Å². The van der Waals surface area contributed by atoms with Crippen molar-refractivity contribution in [3.05, 3.63) is 33.4 Å². The third-order valence-corrected chi connectivity index (χ3v) is 4.61. The second-order valence-electron chi connectivity index (χ2n) is 5.61. The molecule has 1 amide bonds. The van der Waals surface area contributed by atoms with E-state index in [0.29, 0.717) is 0 Å². The number of benzene rings is 1. The minimum atomic E-state index is 0.0333. The van der Waals surface area contributed by atoms with Gasteiger partial charge in [0.1, 0.15) is 0 Å². The molecule has 1 saturated heterocycles. The summed E-state index contributed by atoms with van der Waals surface area (Å²) in [7, 11) is 2.18. The predicted octanol–water partition coefficient (Wildman–Crippen LogP) is 2.05. The first-order chi connectivity index (χ1) is 10.1. The maximum atomic E-state index is 11.9. The van der Waals surface area contributed by atoms with Gasteiger partial charge in [-0.05, 0) is 73.3 Å². The van der Waals surface area contributed by atoms with Crippen LogP contribution in [0.3, 0.4) is 0 Å². The SMILES string of the molecule is CN1CCN(CCCCNC(=O)c2ccc(I)cc2)CC1. The maximum Gasteiger partial charge on any atom is 0.251 e. The molecule has 0 saturated carbocycles. The summed E-state index contributed by atoms with van der Waals surface area (Å²) in [4.78, 5) is 16.8. The van der Waals surface area contributed by atoms with Crippen LogP contribution in [-0.4, -0.2) is 62.0 Å². The lowest BCUT2D eigenvalue weighted by Gasteiger charge is -2.32. The maximum absolute atomic E-state index is 11.9. The summed E-state index contributed by atoms with van der Waals surface area (Å²) in [6, 6.07) is 7.67. The monoisotopic (exact) mass is 401 g/mol. The molecule has 0 radical (unpaired) electrons. The van der Waals surface area contributed by atoms with Crippen molar-refractivity contribution in [1.82, 2.24) is 15.1 Å². The van der Waals surface area contributed by atoms with Crippen LogP contribution in [0.5, 0.6) is 0 Å². The first-order valence-electron chi connectivity index (χ1n) is 7.60. The van der Waals surface area contributed by atoms with Crippen LogP contribution in [0.4, 0.5) is 0 Å². The smallest absolute Gasteiger partial charge is 0.251 e. The molecule has 5 heteroatoms. The summed E-state index contributed by atoms with van der Waals surface area (Å²) in [6.07, 6.45) is 2.19.